The highest BCUT2D eigenvalue weighted by atomic mass is 35.5. The second kappa shape index (κ2) is 8.69. The Bertz CT molecular complexity index is 881. The largest absolute Gasteiger partial charge is 0.497 e. The molecule has 1 N–H and O–H groups in total. The smallest absolute Gasteiger partial charge is 0.264 e. The predicted octanol–water partition coefficient (Wildman–Crippen LogP) is 4.41. The minimum absolute atomic E-state index is 0.128. The van der Waals surface area contributed by atoms with Crippen molar-refractivity contribution in [2.45, 2.75) is 6.42 Å². The maximum atomic E-state index is 12.0. The number of thiazole rings is 1. The Hall–Kier alpha value is -2.57. The summed E-state index contributed by atoms with van der Waals surface area (Å²) in [7, 11) is 1.64. The van der Waals surface area contributed by atoms with Crippen LogP contribution < -0.4 is 14.8 Å². The highest BCUT2D eigenvalue weighted by Gasteiger charge is 2.09. The Kier molecular flexibility index (Phi) is 6.09. The molecule has 134 valence electrons. The number of amides is 1. The Morgan fingerprint density at radius 2 is 1.96 bits per heavy atom. The monoisotopic (exact) mass is 388 g/mol. The fourth-order valence-corrected chi connectivity index (χ4v) is 3.31. The Labute approximate surface area is 160 Å². The van der Waals surface area contributed by atoms with E-state index in [1.807, 2.05) is 24.3 Å². The molecule has 0 bridgehead atoms. The van der Waals surface area contributed by atoms with E-state index in [4.69, 9.17) is 21.1 Å². The molecule has 0 saturated heterocycles. The molecule has 1 amide bonds. The topological polar surface area (TPSA) is 60.5 Å². The second-order valence-electron chi connectivity index (χ2n) is 5.42. The molecule has 0 saturated carbocycles. The van der Waals surface area contributed by atoms with E-state index in [2.05, 4.69) is 10.3 Å². The first-order valence-electron chi connectivity index (χ1n) is 7.89. The van der Waals surface area contributed by atoms with Gasteiger partial charge in [0.2, 0.25) is 0 Å². The quantitative estimate of drug-likeness (QED) is 0.651. The lowest BCUT2D eigenvalue weighted by molar-refractivity contribution is -0.118. The van der Waals surface area contributed by atoms with Gasteiger partial charge in [0.1, 0.15) is 11.5 Å². The summed E-state index contributed by atoms with van der Waals surface area (Å²) in [5.41, 5.74) is 1.15. The molecule has 0 aliphatic carbocycles. The first kappa shape index (κ1) is 18.2. The van der Waals surface area contributed by atoms with Crippen LogP contribution in [0, 0.1) is 0 Å². The molecule has 0 unspecified atom stereocenters. The number of para-hydroxylation sites is 1. The van der Waals surface area contributed by atoms with Crippen molar-refractivity contribution in [2.75, 3.05) is 19.0 Å². The van der Waals surface area contributed by atoms with Crippen molar-refractivity contribution in [3.05, 3.63) is 70.2 Å². The predicted molar refractivity (Wildman–Crippen MR) is 103 cm³/mol. The fraction of sp³-hybridized carbons (Fsp3) is 0.158. The Morgan fingerprint density at radius 1 is 1.19 bits per heavy atom. The number of carbonyl (C=O) groups is 1. The molecule has 7 heteroatoms. The van der Waals surface area contributed by atoms with Crippen LogP contribution in [0.3, 0.4) is 0 Å². The van der Waals surface area contributed by atoms with E-state index < -0.39 is 0 Å². The van der Waals surface area contributed by atoms with E-state index in [1.165, 1.54) is 11.3 Å². The van der Waals surface area contributed by atoms with E-state index in [0.29, 0.717) is 15.9 Å². The number of ether oxygens (including phenoxy) is 2. The molecule has 26 heavy (non-hydrogen) atoms. The van der Waals surface area contributed by atoms with Crippen molar-refractivity contribution in [2.24, 2.45) is 0 Å². The number of benzene rings is 2. The first-order valence-corrected chi connectivity index (χ1v) is 9.08. The zero-order valence-corrected chi connectivity index (χ0v) is 15.6. The number of hydrogen-bond acceptors (Lipinski definition) is 5. The summed E-state index contributed by atoms with van der Waals surface area (Å²) in [5.74, 6) is 1.02. The van der Waals surface area contributed by atoms with E-state index in [-0.39, 0.29) is 12.5 Å². The molecular weight excluding hydrogens is 372 g/mol. The lowest BCUT2D eigenvalue weighted by atomic mass is 10.1. The average molecular weight is 389 g/mol. The normalized spacial score (nSPS) is 10.4. The summed E-state index contributed by atoms with van der Waals surface area (Å²) < 4.78 is 10.6. The highest BCUT2D eigenvalue weighted by molar-refractivity contribution is 7.15. The molecule has 5 nitrogen and oxygen atoms in total. The van der Waals surface area contributed by atoms with Crippen LogP contribution in [0.25, 0.3) is 0 Å². The molecule has 0 spiro atoms. The molecular formula is C19H17ClN2O3S. The SMILES string of the molecule is COc1ccc(Cc2cnc(NC(=O)COc3ccccc3Cl)s2)cc1. The maximum absolute atomic E-state index is 12.0. The van der Waals surface area contributed by atoms with E-state index >= 15 is 0 Å². The van der Waals surface area contributed by atoms with Crippen LogP contribution in [0.5, 0.6) is 11.5 Å². The lowest BCUT2D eigenvalue weighted by Gasteiger charge is -2.07. The van der Waals surface area contributed by atoms with Gasteiger partial charge in [0.25, 0.3) is 5.91 Å². The molecule has 0 atom stereocenters. The number of rotatable bonds is 7. The molecule has 3 aromatic rings. The third-order valence-corrected chi connectivity index (χ3v) is 4.76. The molecule has 0 radical (unpaired) electrons. The standard InChI is InChI=1S/C19H17ClN2O3S/c1-24-14-8-6-13(7-9-14)10-15-11-21-19(26-15)22-18(23)12-25-17-5-3-2-4-16(17)20/h2-9,11H,10,12H2,1H3,(H,21,22,23). The summed E-state index contributed by atoms with van der Waals surface area (Å²) in [6.45, 7) is -0.128. The number of halogens is 1. The van der Waals surface area contributed by atoms with Crippen molar-refractivity contribution in [1.82, 2.24) is 4.98 Å². The summed E-state index contributed by atoms with van der Waals surface area (Å²) >= 11 is 7.43. The molecule has 0 fully saturated rings. The van der Waals surface area contributed by atoms with Crippen molar-refractivity contribution < 1.29 is 14.3 Å². The van der Waals surface area contributed by atoms with Crippen molar-refractivity contribution in [3.8, 4) is 11.5 Å². The maximum Gasteiger partial charge on any atom is 0.264 e. The minimum atomic E-state index is -0.282. The summed E-state index contributed by atoms with van der Waals surface area (Å²) in [6, 6.07) is 14.9. The number of methoxy groups -OCH3 is 1. The second-order valence-corrected chi connectivity index (χ2v) is 6.95. The van der Waals surface area contributed by atoms with Gasteiger partial charge in [0.05, 0.1) is 12.1 Å². The number of nitrogens with one attached hydrogen (secondary N) is 1. The number of nitrogens with zero attached hydrogens (tertiary/aromatic N) is 1. The highest BCUT2D eigenvalue weighted by Crippen LogP contribution is 2.24. The van der Waals surface area contributed by atoms with Crippen LogP contribution in [-0.4, -0.2) is 24.6 Å². The lowest BCUT2D eigenvalue weighted by Crippen LogP contribution is -2.20. The Morgan fingerprint density at radius 3 is 2.69 bits per heavy atom. The van der Waals surface area contributed by atoms with E-state index in [1.54, 1.807) is 37.6 Å². The summed E-state index contributed by atoms with van der Waals surface area (Å²) in [4.78, 5) is 17.3. The van der Waals surface area contributed by atoms with Gasteiger partial charge in [-0.2, -0.15) is 0 Å². The van der Waals surface area contributed by atoms with Crippen molar-refractivity contribution >= 4 is 34.0 Å². The van der Waals surface area contributed by atoms with Gasteiger partial charge in [-0.15, -0.1) is 11.3 Å². The van der Waals surface area contributed by atoms with E-state index in [9.17, 15) is 4.79 Å². The van der Waals surface area contributed by atoms with Gasteiger partial charge >= 0.3 is 0 Å². The van der Waals surface area contributed by atoms with Crippen LogP contribution in [-0.2, 0) is 11.2 Å². The first-order chi connectivity index (χ1) is 12.6. The zero-order valence-electron chi connectivity index (χ0n) is 14.1. The third kappa shape index (κ3) is 4.97. The van der Waals surface area contributed by atoms with Gasteiger partial charge in [-0.25, -0.2) is 4.98 Å². The minimum Gasteiger partial charge on any atom is -0.497 e. The van der Waals surface area contributed by atoms with Crippen LogP contribution >= 0.6 is 22.9 Å². The van der Waals surface area contributed by atoms with Gasteiger partial charge in [0, 0.05) is 17.5 Å². The number of carbonyl (C=O) groups excluding carboxylic acids is 1. The fourth-order valence-electron chi connectivity index (χ4n) is 2.25. The molecule has 0 aliphatic heterocycles. The van der Waals surface area contributed by atoms with Gasteiger partial charge < -0.3 is 9.47 Å². The average Bonchev–Trinajstić information content (AvgIpc) is 3.08. The Balaban J connectivity index is 1.52. The number of anilines is 1. The molecule has 0 aliphatic rings. The van der Waals surface area contributed by atoms with Crippen molar-refractivity contribution in [1.29, 1.82) is 0 Å². The van der Waals surface area contributed by atoms with Crippen molar-refractivity contribution in [3.63, 3.8) is 0 Å². The van der Waals surface area contributed by atoms with Crippen LogP contribution in [0.4, 0.5) is 5.13 Å². The third-order valence-electron chi connectivity index (χ3n) is 3.53. The molecule has 3 rings (SSSR count). The molecule has 1 aromatic heterocycles. The summed E-state index contributed by atoms with van der Waals surface area (Å²) in [5, 5.41) is 3.75. The van der Waals surface area contributed by atoms with E-state index in [0.717, 1.165) is 22.6 Å². The van der Waals surface area contributed by atoms with Crippen LogP contribution in [0.1, 0.15) is 10.4 Å². The van der Waals surface area contributed by atoms with Gasteiger partial charge in [0.15, 0.2) is 11.7 Å². The van der Waals surface area contributed by atoms with Gasteiger partial charge in [-0.05, 0) is 29.8 Å². The zero-order chi connectivity index (χ0) is 18.4. The summed E-state index contributed by atoms with van der Waals surface area (Å²) in [6.07, 6.45) is 2.51. The van der Waals surface area contributed by atoms with Gasteiger partial charge in [-0.1, -0.05) is 35.9 Å². The van der Waals surface area contributed by atoms with Gasteiger partial charge in [-0.3, -0.25) is 10.1 Å². The molecule has 2 aromatic carbocycles. The van der Waals surface area contributed by atoms with Crippen LogP contribution in [0.2, 0.25) is 5.02 Å². The number of hydrogen-bond donors (Lipinski definition) is 1. The number of aromatic nitrogens is 1. The molecule has 1 heterocycles. The van der Waals surface area contributed by atoms with Crippen LogP contribution in [0.15, 0.2) is 54.7 Å².